The van der Waals surface area contributed by atoms with Gasteiger partial charge in [0, 0.05) is 12.1 Å². The molecule has 0 aliphatic rings. The number of amides is 1. The van der Waals surface area contributed by atoms with E-state index in [4.69, 9.17) is 22.1 Å². The van der Waals surface area contributed by atoms with Crippen molar-refractivity contribution in [2.75, 3.05) is 13.2 Å². The van der Waals surface area contributed by atoms with Crippen LogP contribution in [0.4, 0.5) is 4.39 Å². The molecule has 4 nitrogen and oxygen atoms in total. The van der Waals surface area contributed by atoms with Gasteiger partial charge in [-0.25, -0.2) is 4.39 Å². The van der Waals surface area contributed by atoms with Crippen molar-refractivity contribution in [1.29, 1.82) is 0 Å². The summed E-state index contributed by atoms with van der Waals surface area (Å²) in [5, 5.41) is 3.08. The van der Waals surface area contributed by atoms with Crippen LogP contribution in [0.3, 0.4) is 0 Å². The van der Waals surface area contributed by atoms with Crippen LogP contribution in [0.15, 0.2) is 42.5 Å². The van der Waals surface area contributed by atoms with Gasteiger partial charge in [-0.3, -0.25) is 4.79 Å². The Kier molecular flexibility index (Phi) is 6.38. The summed E-state index contributed by atoms with van der Waals surface area (Å²) in [6.07, 6.45) is 0.728. The first-order chi connectivity index (χ1) is 11.1. The van der Waals surface area contributed by atoms with Crippen molar-refractivity contribution in [2.45, 2.75) is 13.0 Å². The zero-order chi connectivity index (χ0) is 16.7. The molecular weight excluding hydrogens is 319 g/mol. The van der Waals surface area contributed by atoms with Crippen LogP contribution in [0.2, 0.25) is 5.02 Å². The zero-order valence-electron chi connectivity index (χ0n) is 12.5. The minimum atomic E-state index is -0.334. The fourth-order valence-corrected chi connectivity index (χ4v) is 2.19. The predicted molar refractivity (Wildman–Crippen MR) is 88.2 cm³/mol. The van der Waals surface area contributed by atoms with Gasteiger partial charge in [-0.15, -0.1) is 0 Å². The largest absolute Gasteiger partial charge is 0.492 e. The van der Waals surface area contributed by atoms with E-state index in [0.29, 0.717) is 35.1 Å². The highest BCUT2D eigenvalue weighted by Crippen LogP contribution is 2.25. The molecule has 1 amide bonds. The Hall–Kier alpha value is -2.11. The van der Waals surface area contributed by atoms with Gasteiger partial charge in [-0.05, 0) is 48.9 Å². The number of hydrogen-bond acceptors (Lipinski definition) is 3. The van der Waals surface area contributed by atoms with Gasteiger partial charge in [-0.1, -0.05) is 23.7 Å². The third kappa shape index (κ3) is 5.23. The first-order valence-electron chi connectivity index (χ1n) is 7.25. The molecule has 0 atom stereocenters. The van der Waals surface area contributed by atoms with E-state index in [0.717, 1.165) is 6.42 Å². The quantitative estimate of drug-likeness (QED) is 0.763. The minimum Gasteiger partial charge on any atom is -0.492 e. The third-order valence-electron chi connectivity index (χ3n) is 3.14. The van der Waals surface area contributed by atoms with E-state index in [-0.39, 0.29) is 18.3 Å². The number of nitrogens with one attached hydrogen (secondary N) is 1. The highest BCUT2D eigenvalue weighted by molar-refractivity contribution is 6.32. The number of carbonyl (C=O) groups excluding carboxylic acids is 1. The average molecular weight is 337 g/mol. The second-order valence-corrected chi connectivity index (χ2v) is 5.36. The van der Waals surface area contributed by atoms with Crippen molar-refractivity contribution in [3.8, 4) is 5.75 Å². The maximum atomic E-state index is 13.1. The fraction of sp³-hybridized carbons (Fsp3) is 0.235. The SMILES string of the molecule is NCCCOc1ccc(C(=O)NCc2cccc(F)c2)cc1Cl. The summed E-state index contributed by atoms with van der Waals surface area (Å²) in [6, 6.07) is 10.9. The Bertz CT molecular complexity index is 679. The lowest BCUT2D eigenvalue weighted by Crippen LogP contribution is -2.22. The Balaban J connectivity index is 1.95. The summed E-state index contributed by atoms with van der Waals surface area (Å²) in [5.74, 6) is -0.106. The molecule has 0 spiro atoms. The summed E-state index contributed by atoms with van der Waals surface area (Å²) in [5.41, 5.74) is 6.50. The first-order valence-corrected chi connectivity index (χ1v) is 7.63. The van der Waals surface area contributed by atoms with Crippen LogP contribution in [-0.2, 0) is 6.54 Å². The number of benzene rings is 2. The summed E-state index contributed by atoms with van der Waals surface area (Å²) in [7, 11) is 0. The van der Waals surface area contributed by atoms with Crippen LogP contribution in [0, 0.1) is 5.82 Å². The highest BCUT2D eigenvalue weighted by atomic mass is 35.5. The molecule has 3 N–H and O–H groups in total. The standard InChI is InChI=1S/C17H18ClFN2O2/c18-15-10-13(5-6-16(15)23-8-2-7-20)17(22)21-11-12-3-1-4-14(19)9-12/h1,3-6,9-10H,2,7-8,11,20H2,(H,21,22). The van der Waals surface area contributed by atoms with Crippen molar-refractivity contribution >= 4 is 17.5 Å². The molecule has 0 fully saturated rings. The number of hydrogen-bond donors (Lipinski definition) is 2. The second-order valence-electron chi connectivity index (χ2n) is 4.95. The summed E-state index contributed by atoms with van der Waals surface area (Å²) < 4.78 is 18.6. The van der Waals surface area contributed by atoms with Crippen LogP contribution in [0.1, 0.15) is 22.3 Å². The smallest absolute Gasteiger partial charge is 0.251 e. The number of halogens is 2. The summed E-state index contributed by atoms with van der Waals surface area (Å²) >= 11 is 6.10. The van der Waals surface area contributed by atoms with Crippen molar-refractivity contribution in [3.63, 3.8) is 0 Å². The summed E-state index contributed by atoms with van der Waals surface area (Å²) in [6.45, 7) is 1.25. The molecule has 0 saturated carbocycles. The first kappa shape index (κ1) is 17.2. The van der Waals surface area contributed by atoms with Crippen LogP contribution < -0.4 is 15.8 Å². The molecule has 0 unspecified atom stereocenters. The van der Waals surface area contributed by atoms with Gasteiger partial charge in [-0.2, -0.15) is 0 Å². The molecule has 122 valence electrons. The van der Waals surface area contributed by atoms with Gasteiger partial charge in [0.25, 0.3) is 5.91 Å². The fourth-order valence-electron chi connectivity index (χ4n) is 1.96. The van der Waals surface area contributed by atoms with E-state index in [9.17, 15) is 9.18 Å². The monoisotopic (exact) mass is 336 g/mol. The number of carbonyl (C=O) groups is 1. The van der Waals surface area contributed by atoms with Gasteiger partial charge in [0.05, 0.1) is 11.6 Å². The van der Waals surface area contributed by atoms with Gasteiger partial charge in [0.2, 0.25) is 0 Å². The Morgan fingerprint density at radius 1 is 1.26 bits per heavy atom. The van der Waals surface area contributed by atoms with Gasteiger partial charge >= 0.3 is 0 Å². The van der Waals surface area contributed by atoms with Crippen molar-refractivity contribution in [3.05, 3.63) is 64.4 Å². The highest BCUT2D eigenvalue weighted by Gasteiger charge is 2.09. The maximum absolute atomic E-state index is 13.1. The van der Waals surface area contributed by atoms with E-state index in [2.05, 4.69) is 5.32 Å². The van der Waals surface area contributed by atoms with E-state index in [1.54, 1.807) is 30.3 Å². The van der Waals surface area contributed by atoms with E-state index < -0.39 is 0 Å². The lowest BCUT2D eigenvalue weighted by Gasteiger charge is -2.10. The number of ether oxygens (including phenoxy) is 1. The van der Waals surface area contributed by atoms with E-state index in [1.165, 1.54) is 12.1 Å². The van der Waals surface area contributed by atoms with Crippen molar-refractivity contribution in [1.82, 2.24) is 5.32 Å². The molecule has 23 heavy (non-hydrogen) atoms. The van der Waals surface area contributed by atoms with Gasteiger partial charge in [0.15, 0.2) is 0 Å². The molecular formula is C17H18ClFN2O2. The molecule has 6 heteroatoms. The van der Waals surface area contributed by atoms with Crippen LogP contribution >= 0.6 is 11.6 Å². The molecule has 0 radical (unpaired) electrons. The summed E-state index contributed by atoms with van der Waals surface area (Å²) in [4.78, 5) is 12.1. The van der Waals surface area contributed by atoms with Crippen molar-refractivity contribution in [2.24, 2.45) is 5.73 Å². The molecule has 0 aromatic heterocycles. The average Bonchev–Trinajstić information content (AvgIpc) is 2.54. The molecule has 0 heterocycles. The predicted octanol–water partition coefficient (Wildman–Crippen LogP) is 3.14. The second kappa shape index (κ2) is 8.50. The minimum absolute atomic E-state index is 0.239. The molecule has 0 aliphatic carbocycles. The zero-order valence-corrected chi connectivity index (χ0v) is 13.3. The Morgan fingerprint density at radius 3 is 2.78 bits per heavy atom. The topological polar surface area (TPSA) is 64.3 Å². The number of rotatable bonds is 7. The van der Waals surface area contributed by atoms with Crippen LogP contribution in [-0.4, -0.2) is 19.1 Å². The normalized spacial score (nSPS) is 10.4. The van der Waals surface area contributed by atoms with E-state index in [1.807, 2.05) is 0 Å². The molecule has 0 aliphatic heterocycles. The van der Waals surface area contributed by atoms with Crippen LogP contribution in [0.25, 0.3) is 0 Å². The van der Waals surface area contributed by atoms with Gasteiger partial charge < -0.3 is 15.8 Å². The Labute approximate surface area is 139 Å². The van der Waals surface area contributed by atoms with Gasteiger partial charge in [0.1, 0.15) is 11.6 Å². The maximum Gasteiger partial charge on any atom is 0.251 e. The van der Waals surface area contributed by atoms with Crippen molar-refractivity contribution < 1.29 is 13.9 Å². The third-order valence-corrected chi connectivity index (χ3v) is 3.44. The molecule has 2 aromatic rings. The van der Waals surface area contributed by atoms with E-state index >= 15 is 0 Å². The molecule has 0 saturated heterocycles. The lowest BCUT2D eigenvalue weighted by molar-refractivity contribution is 0.0951. The molecule has 2 aromatic carbocycles. The lowest BCUT2D eigenvalue weighted by atomic mass is 10.2. The molecule has 0 bridgehead atoms. The number of nitrogens with two attached hydrogens (primary N) is 1. The van der Waals surface area contributed by atoms with Crippen LogP contribution in [0.5, 0.6) is 5.75 Å². The molecule has 2 rings (SSSR count). The Morgan fingerprint density at radius 2 is 2.09 bits per heavy atom.